The molecule has 0 heterocycles. The first kappa shape index (κ1) is 15.8. The summed E-state index contributed by atoms with van der Waals surface area (Å²) in [5, 5.41) is 11.8. The van der Waals surface area contributed by atoms with E-state index >= 15 is 0 Å². The first-order chi connectivity index (χ1) is 10.0. The van der Waals surface area contributed by atoms with E-state index in [9.17, 15) is 4.39 Å². The number of hydrogen-bond acceptors (Lipinski definition) is 3. The molecule has 0 saturated heterocycles. The smallest absolute Gasteiger partial charge is 0.170 e. The number of oxime groups is 1. The lowest BCUT2D eigenvalue weighted by Gasteiger charge is -2.34. The van der Waals surface area contributed by atoms with Crippen molar-refractivity contribution >= 4 is 5.84 Å². The SMILES string of the molecule is CC1CCCC(N(C)Cc2ccc(F)cc2C(N)=NO)C1. The number of nitrogens with zero attached hydrogens (tertiary/aromatic N) is 2. The highest BCUT2D eigenvalue weighted by molar-refractivity contribution is 5.98. The van der Waals surface area contributed by atoms with Crippen LogP contribution in [0.5, 0.6) is 0 Å². The van der Waals surface area contributed by atoms with Gasteiger partial charge in [0.1, 0.15) is 5.82 Å². The molecule has 0 spiro atoms. The zero-order valence-electron chi connectivity index (χ0n) is 12.7. The number of amidine groups is 1. The summed E-state index contributed by atoms with van der Waals surface area (Å²) in [4.78, 5) is 2.29. The van der Waals surface area contributed by atoms with Gasteiger partial charge in [-0.25, -0.2) is 4.39 Å². The minimum absolute atomic E-state index is 0.0464. The number of hydrogen-bond donors (Lipinski definition) is 2. The van der Waals surface area contributed by atoms with Gasteiger partial charge < -0.3 is 10.9 Å². The molecule has 5 heteroatoms. The summed E-state index contributed by atoms with van der Waals surface area (Å²) in [6.07, 6.45) is 4.94. The lowest BCUT2D eigenvalue weighted by atomic mass is 9.86. The van der Waals surface area contributed by atoms with E-state index in [0.29, 0.717) is 18.2 Å². The van der Waals surface area contributed by atoms with Crippen molar-refractivity contribution in [1.29, 1.82) is 0 Å². The molecule has 0 bridgehead atoms. The first-order valence-corrected chi connectivity index (χ1v) is 7.47. The van der Waals surface area contributed by atoms with E-state index in [1.165, 1.54) is 37.8 Å². The average molecular weight is 293 g/mol. The molecule has 1 aromatic carbocycles. The maximum absolute atomic E-state index is 13.4. The Kier molecular flexibility index (Phi) is 5.17. The highest BCUT2D eigenvalue weighted by atomic mass is 19.1. The van der Waals surface area contributed by atoms with Crippen LogP contribution in [0.1, 0.15) is 43.7 Å². The highest BCUT2D eigenvalue weighted by Crippen LogP contribution is 2.27. The summed E-state index contributed by atoms with van der Waals surface area (Å²) < 4.78 is 13.4. The van der Waals surface area contributed by atoms with E-state index in [-0.39, 0.29) is 11.7 Å². The Morgan fingerprint density at radius 2 is 2.24 bits per heavy atom. The third kappa shape index (κ3) is 3.94. The second-order valence-corrected chi connectivity index (χ2v) is 6.13. The summed E-state index contributed by atoms with van der Waals surface area (Å²) in [5.41, 5.74) is 7.00. The summed E-state index contributed by atoms with van der Waals surface area (Å²) in [6.45, 7) is 2.96. The van der Waals surface area contributed by atoms with E-state index in [4.69, 9.17) is 10.9 Å². The molecule has 116 valence electrons. The van der Waals surface area contributed by atoms with Crippen molar-refractivity contribution in [2.45, 2.75) is 45.2 Å². The molecule has 21 heavy (non-hydrogen) atoms. The van der Waals surface area contributed by atoms with Crippen molar-refractivity contribution in [3.05, 3.63) is 35.1 Å². The van der Waals surface area contributed by atoms with E-state index in [2.05, 4.69) is 24.0 Å². The molecule has 4 nitrogen and oxygen atoms in total. The van der Waals surface area contributed by atoms with Gasteiger partial charge in [0.2, 0.25) is 0 Å². The fourth-order valence-corrected chi connectivity index (χ4v) is 3.18. The number of rotatable bonds is 4. The molecule has 1 aliphatic rings. The highest BCUT2D eigenvalue weighted by Gasteiger charge is 2.23. The van der Waals surface area contributed by atoms with Gasteiger partial charge in [-0.3, -0.25) is 4.90 Å². The van der Waals surface area contributed by atoms with Crippen molar-refractivity contribution in [2.24, 2.45) is 16.8 Å². The predicted octanol–water partition coefficient (Wildman–Crippen LogP) is 2.93. The minimum Gasteiger partial charge on any atom is -0.409 e. The quantitative estimate of drug-likeness (QED) is 0.388. The van der Waals surface area contributed by atoms with Crippen LogP contribution in [0.2, 0.25) is 0 Å². The zero-order chi connectivity index (χ0) is 15.4. The van der Waals surface area contributed by atoms with Crippen LogP contribution in [-0.2, 0) is 6.54 Å². The predicted molar refractivity (Wildman–Crippen MR) is 81.8 cm³/mol. The number of benzene rings is 1. The number of nitrogens with two attached hydrogens (primary N) is 1. The molecule has 1 aliphatic carbocycles. The van der Waals surface area contributed by atoms with Crippen molar-refractivity contribution in [3.8, 4) is 0 Å². The van der Waals surface area contributed by atoms with Crippen LogP contribution >= 0.6 is 0 Å². The van der Waals surface area contributed by atoms with Gasteiger partial charge in [-0.15, -0.1) is 0 Å². The molecule has 0 amide bonds. The molecule has 0 aromatic heterocycles. The Morgan fingerprint density at radius 1 is 1.48 bits per heavy atom. The third-order valence-corrected chi connectivity index (χ3v) is 4.41. The lowest BCUT2D eigenvalue weighted by Crippen LogP contribution is -2.35. The van der Waals surface area contributed by atoms with Gasteiger partial charge >= 0.3 is 0 Å². The minimum atomic E-state index is -0.380. The van der Waals surface area contributed by atoms with Crippen LogP contribution in [0.3, 0.4) is 0 Å². The molecule has 3 N–H and O–H groups in total. The Labute approximate surface area is 125 Å². The summed E-state index contributed by atoms with van der Waals surface area (Å²) in [7, 11) is 2.09. The molecule has 1 aromatic rings. The molecule has 0 aliphatic heterocycles. The van der Waals surface area contributed by atoms with Gasteiger partial charge in [-0.2, -0.15) is 0 Å². The van der Waals surface area contributed by atoms with Crippen LogP contribution in [-0.4, -0.2) is 29.0 Å². The van der Waals surface area contributed by atoms with E-state index in [1.807, 2.05) is 0 Å². The molecule has 2 rings (SSSR count). The van der Waals surface area contributed by atoms with Crippen LogP contribution in [0, 0.1) is 11.7 Å². The molecular formula is C16H24FN3O. The van der Waals surface area contributed by atoms with Crippen LogP contribution < -0.4 is 5.73 Å². The molecule has 1 saturated carbocycles. The van der Waals surface area contributed by atoms with E-state index in [1.54, 1.807) is 6.07 Å². The van der Waals surface area contributed by atoms with Gasteiger partial charge in [0.05, 0.1) is 0 Å². The van der Waals surface area contributed by atoms with E-state index in [0.717, 1.165) is 11.5 Å². The van der Waals surface area contributed by atoms with Gasteiger partial charge in [-0.1, -0.05) is 31.0 Å². The largest absolute Gasteiger partial charge is 0.409 e. The number of halogens is 1. The van der Waals surface area contributed by atoms with Crippen LogP contribution in [0.15, 0.2) is 23.4 Å². The Hall–Kier alpha value is -1.62. The van der Waals surface area contributed by atoms with Crippen molar-refractivity contribution in [2.75, 3.05) is 7.05 Å². The van der Waals surface area contributed by atoms with Crippen molar-refractivity contribution in [1.82, 2.24) is 4.90 Å². The van der Waals surface area contributed by atoms with Gasteiger partial charge in [-0.05, 0) is 43.5 Å². The van der Waals surface area contributed by atoms with E-state index < -0.39 is 0 Å². The maximum atomic E-state index is 13.4. The Morgan fingerprint density at radius 3 is 2.90 bits per heavy atom. The maximum Gasteiger partial charge on any atom is 0.170 e. The summed E-state index contributed by atoms with van der Waals surface area (Å²) >= 11 is 0. The second kappa shape index (κ2) is 6.89. The average Bonchev–Trinajstić information content (AvgIpc) is 2.48. The van der Waals surface area contributed by atoms with Gasteiger partial charge in [0, 0.05) is 18.2 Å². The lowest BCUT2D eigenvalue weighted by molar-refractivity contribution is 0.157. The third-order valence-electron chi connectivity index (χ3n) is 4.41. The second-order valence-electron chi connectivity index (χ2n) is 6.13. The summed E-state index contributed by atoms with van der Waals surface area (Å²) in [5.74, 6) is 0.326. The van der Waals surface area contributed by atoms with Gasteiger partial charge in [0.25, 0.3) is 0 Å². The topological polar surface area (TPSA) is 61.8 Å². The standard InChI is InChI=1S/C16H24FN3O/c1-11-4-3-5-14(8-11)20(2)10-12-6-7-13(17)9-15(12)16(18)19-21/h6-7,9,11,14,21H,3-5,8,10H2,1-2H3,(H2,18,19). The Balaban J connectivity index is 2.15. The fourth-order valence-electron chi connectivity index (χ4n) is 3.18. The molecule has 1 fully saturated rings. The molecule has 2 unspecified atom stereocenters. The van der Waals surface area contributed by atoms with Gasteiger partial charge in [0.15, 0.2) is 5.84 Å². The normalized spacial score (nSPS) is 23.5. The van der Waals surface area contributed by atoms with Crippen molar-refractivity contribution in [3.63, 3.8) is 0 Å². The Bertz CT molecular complexity index is 518. The molecule has 2 atom stereocenters. The summed E-state index contributed by atoms with van der Waals surface area (Å²) in [6, 6.07) is 4.99. The fraction of sp³-hybridized carbons (Fsp3) is 0.562. The first-order valence-electron chi connectivity index (χ1n) is 7.47. The monoisotopic (exact) mass is 293 g/mol. The van der Waals surface area contributed by atoms with Crippen LogP contribution in [0.4, 0.5) is 4.39 Å². The molecular weight excluding hydrogens is 269 g/mol. The van der Waals surface area contributed by atoms with Crippen molar-refractivity contribution < 1.29 is 9.60 Å². The zero-order valence-corrected chi connectivity index (χ0v) is 12.7. The van der Waals surface area contributed by atoms with Crippen LogP contribution in [0.25, 0.3) is 0 Å². The molecule has 0 radical (unpaired) electrons.